The van der Waals surface area contributed by atoms with E-state index in [1.165, 1.54) is 0 Å². The summed E-state index contributed by atoms with van der Waals surface area (Å²) in [7, 11) is 1.59. The van der Waals surface area contributed by atoms with E-state index in [9.17, 15) is 9.59 Å². The van der Waals surface area contributed by atoms with Crippen molar-refractivity contribution in [2.24, 2.45) is 5.92 Å². The molecule has 0 aliphatic heterocycles. The lowest BCUT2D eigenvalue weighted by Crippen LogP contribution is -2.28. The Labute approximate surface area is 172 Å². The van der Waals surface area contributed by atoms with Crippen molar-refractivity contribution in [1.29, 1.82) is 0 Å². The van der Waals surface area contributed by atoms with Gasteiger partial charge < -0.3 is 4.74 Å². The number of tetrazole rings is 1. The zero-order valence-electron chi connectivity index (χ0n) is 15.8. The van der Waals surface area contributed by atoms with Crippen LogP contribution in [-0.2, 0) is 22.4 Å². The van der Waals surface area contributed by atoms with Gasteiger partial charge in [-0.25, -0.2) is 0 Å². The molecule has 0 fully saturated rings. The maximum atomic E-state index is 12.7. The van der Waals surface area contributed by atoms with Gasteiger partial charge in [-0.2, -0.15) is 5.21 Å². The largest absolute Gasteiger partial charge is 0.497 e. The van der Waals surface area contributed by atoms with Gasteiger partial charge in [-0.1, -0.05) is 41.0 Å². The second kappa shape index (κ2) is 9.79. The number of amides is 1. The van der Waals surface area contributed by atoms with Crippen LogP contribution in [0.5, 0.6) is 5.75 Å². The smallest absolute Gasteiger partial charge is 0.269 e. The number of rotatable bonds is 9. The van der Waals surface area contributed by atoms with Crippen LogP contribution in [0.4, 0.5) is 5.95 Å². The van der Waals surface area contributed by atoms with E-state index in [1.807, 2.05) is 24.3 Å². The van der Waals surface area contributed by atoms with Crippen LogP contribution in [0, 0.1) is 5.92 Å². The van der Waals surface area contributed by atoms with Crippen molar-refractivity contribution in [3.63, 3.8) is 0 Å². The summed E-state index contributed by atoms with van der Waals surface area (Å²) in [6.07, 6.45) is 0.699. The summed E-state index contributed by atoms with van der Waals surface area (Å²) in [6.45, 7) is 0. The van der Waals surface area contributed by atoms with Gasteiger partial charge in [0.25, 0.3) is 5.95 Å². The molecule has 3 rings (SSSR count). The topological polar surface area (TPSA) is 110 Å². The molecule has 1 unspecified atom stereocenters. The summed E-state index contributed by atoms with van der Waals surface area (Å²) >= 11 is 5.89. The molecular weight excluding hydrogens is 394 g/mol. The maximum Gasteiger partial charge on any atom is 0.269 e. The van der Waals surface area contributed by atoms with Crippen LogP contribution < -0.4 is 10.1 Å². The monoisotopic (exact) mass is 413 g/mol. The molecule has 0 bridgehead atoms. The van der Waals surface area contributed by atoms with Gasteiger partial charge in [0, 0.05) is 23.8 Å². The number of nitrogens with one attached hydrogen (secondary N) is 2. The lowest BCUT2D eigenvalue weighted by Gasteiger charge is -2.15. The number of carbonyl (C=O) groups is 2. The number of hydrogen-bond donors (Lipinski definition) is 2. The highest BCUT2D eigenvalue weighted by Gasteiger charge is 2.23. The zero-order chi connectivity index (χ0) is 20.6. The van der Waals surface area contributed by atoms with Crippen molar-refractivity contribution >= 4 is 29.2 Å². The Kier molecular flexibility index (Phi) is 6.91. The van der Waals surface area contributed by atoms with Crippen molar-refractivity contribution in [2.45, 2.75) is 19.3 Å². The number of anilines is 1. The van der Waals surface area contributed by atoms with Crippen molar-refractivity contribution < 1.29 is 14.3 Å². The number of benzene rings is 2. The number of hydrogen-bond acceptors (Lipinski definition) is 6. The Morgan fingerprint density at radius 3 is 2.41 bits per heavy atom. The third-order valence-corrected chi connectivity index (χ3v) is 4.63. The van der Waals surface area contributed by atoms with E-state index in [0.29, 0.717) is 11.4 Å². The number of nitrogens with zero attached hydrogens (tertiary/aromatic N) is 3. The van der Waals surface area contributed by atoms with Gasteiger partial charge in [0.1, 0.15) is 11.5 Å². The van der Waals surface area contributed by atoms with Gasteiger partial charge in [-0.05, 0) is 47.0 Å². The van der Waals surface area contributed by atoms with Crippen LogP contribution >= 0.6 is 11.6 Å². The van der Waals surface area contributed by atoms with E-state index in [2.05, 4.69) is 25.9 Å². The molecule has 0 saturated heterocycles. The van der Waals surface area contributed by atoms with Crippen molar-refractivity contribution in [3.05, 3.63) is 64.7 Å². The number of methoxy groups -OCH3 is 1. The van der Waals surface area contributed by atoms with Gasteiger partial charge in [0.15, 0.2) is 0 Å². The molecule has 0 saturated carbocycles. The fourth-order valence-electron chi connectivity index (χ4n) is 2.91. The molecule has 0 aliphatic carbocycles. The average molecular weight is 414 g/mol. The van der Waals surface area contributed by atoms with Gasteiger partial charge >= 0.3 is 0 Å². The molecule has 1 amide bonds. The van der Waals surface area contributed by atoms with E-state index in [-0.39, 0.29) is 30.5 Å². The number of carbonyl (C=O) groups excluding carboxylic acids is 2. The number of aromatic nitrogens is 4. The number of Topliss-reactive ketones (excluding diaryl/α,β-unsaturated/α-hetero) is 1. The van der Waals surface area contributed by atoms with Crippen LogP contribution in [0.1, 0.15) is 17.5 Å². The summed E-state index contributed by atoms with van der Waals surface area (Å²) in [6, 6.07) is 14.5. The van der Waals surface area contributed by atoms with Crippen LogP contribution in [-0.4, -0.2) is 39.4 Å². The molecule has 2 aromatic carbocycles. The van der Waals surface area contributed by atoms with Gasteiger partial charge in [-0.15, -0.1) is 5.10 Å². The second-order valence-corrected chi connectivity index (χ2v) is 6.96. The quantitative estimate of drug-likeness (QED) is 0.558. The van der Waals surface area contributed by atoms with E-state index in [1.54, 1.807) is 31.4 Å². The van der Waals surface area contributed by atoms with Crippen LogP contribution in [0.15, 0.2) is 48.5 Å². The molecule has 0 radical (unpaired) electrons. The first-order chi connectivity index (χ1) is 14.0. The second-order valence-electron chi connectivity index (χ2n) is 6.52. The Bertz CT molecular complexity index is 943. The zero-order valence-corrected chi connectivity index (χ0v) is 16.5. The molecule has 1 aromatic heterocycles. The molecule has 150 valence electrons. The number of ketones is 1. The third-order valence-electron chi connectivity index (χ3n) is 4.38. The summed E-state index contributed by atoms with van der Waals surface area (Å²) in [4.78, 5) is 25.4. The first-order valence-corrected chi connectivity index (χ1v) is 9.34. The molecule has 2 N–H and O–H groups in total. The Morgan fingerprint density at radius 2 is 1.79 bits per heavy atom. The highest BCUT2D eigenvalue weighted by Crippen LogP contribution is 2.19. The van der Waals surface area contributed by atoms with Crippen LogP contribution in [0.3, 0.4) is 0 Å². The predicted octanol–water partition coefficient (Wildman–Crippen LogP) is 2.86. The molecule has 3 aromatic rings. The number of H-pyrrole nitrogens is 1. The first kappa shape index (κ1) is 20.5. The minimum absolute atomic E-state index is 0.0471. The Morgan fingerprint density at radius 1 is 1.10 bits per heavy atom. The molecule has 9 heteroatoms. The van der Waals surface area contributed by atoms with Crippen molar-refractivity contribution in [3.8, 4) is 5.75 Å². The highest BCUT2D eigenvalue weighted by molar-refractivity contribution is 6.30. The van der Waals surface area contributed by atoms with Gasteiger partial charge in [0.05, 0.1) is 7.11 Å². The fourth-order valence-corrected chi connectivity index (χ4v) is 3.03. The number of ether oxygens (including phenoxy) is 1. The van der Waals surface area contributed by atoms with Gasteiger partial charge in [-0.3, -0.25) is 14.9 Å². The molecule has 0 spiro atoms. The minimum atomic E-state index is -0.582. The standard InChI is InChI=1S/C20H20ClN5O3/c1-29-18-8-4-13(5-9-18)10-15(19(28)22-20-23-25-26-24-20)12-17(27)11-14-2-6-16(21)7-3-14/h2-9,15H,10-12H2,1H3,(H2,22,23,24,25,26,28). The molecule has 0 aliphatic rings. The summed E-state index contributed by atoms with van der Waals surface area (Å²) in [5.74, 6) is -0.178. The fraction of sp³-hybridized carbons (Fsp3) is 0.250. The Hall–Kier alpha value is -3.26. The lowest BCUT2D eigenvalue weighted by atomic mass is 9.91. The molecular formula is C20H20ClN5O3. The van der Waals surface area contributed by atoms with Crippen molar-refractivity contribution in [1.82, 2.24) is 20.6 Å². The van der Waals surface area contributed by atoms with Crippen LogP contribution in [0.2, 0.25) is 5.02 Å². The molecule has 1 heterocycles. The highest BCUT2D eigenvalue weighted by atomic mass is 35.5. The Balaban J connectivity index is 1.70. The van der Waals surface area contributed by atoms with Crippen molar-refractivity contribution in [2.75, 3.05) is 12.4 Å². The first-order valence-electron chi connectivity index (χ1n) is 8.97. The summed E-state index contributed by atoms with van der Waals surface area (Å²) < 4.78 is 5.16. The van der Waals surface area contributed by atoms with Crippen LogP contribution in [0.25, 0.3) is 0 Å². The third kappa shape index (κ3) is 6.11. The lowest BCUT2D eigenvalue weighted by molar-refractivity contribution is -0.126. The molecule has 1 atom stereocenters. The molecule has 29 heavy (non-hydrogen) atoms. The summed E-state index contributed by atoms with van der Waals surface area (Å²) in [5, 5.41) is 16.4. The van der Waals surface area contributed by atoms with E-state index < -0.39 is 5.92 Å². The molecule has 8 nitrogen and oxygen atoms in total. The van der Waals surface area contributed by atoms with E-state index >= 15 is 0 Å². The summed E-state index contributed by atoms with van der Waals surface area (Å²) in [5.41, 5.74) is 1.76. The maximum absolute atomic E-state index is 12.7. The minimum Gasteiger partial charge on any atom is -0.497 e. The van der Waals surface area contributed by atoms with E-state index in [4.69, 9.17) is 16.3 Å². The normalized spacial score (nSPS) is 11.7. The SMILES string of the molecule is COc1ccc(CC(CC(=O)Cc2ccc(Cl)cc2)C(=O)Nc2nn[nH]n2)cc1. The average Bonchev–Trinajstić information content (AvgIpc) is 3.23. The predicted molar refractivity (Wildman–Crippen MR) is 108 cm³/mol. The van der Waals surface area contributed by atoms with Gasteiger partial charge in [0.2, 0.25) is 5.91 Å². The number of halogens is 1. The van der Waals surface area contributed by atoms with E-state index in [0.717, 1.165) is 16.9 Å². The number of aromatic amines is 1.